The fourth-order valence-corrected chi connectivity index (χ4v) is 0.543. The van der Waals surface area contributed by atoms with Gasteiger partial charge in [-0.15, -0.1) is 0 Å². The second-order valence-corrected chi connectivity index (χ2v) is 1.98. The van der Waals surface area contributed by atoms with Gasteiger partial charge in [-0.1, -0.05) is 0 Å². The molecule has 54 valence electrons. The van der Waals surface area contributed by atoms with Crippen LogP contribution in [0.25, 0.3) is 0 Å². The summed E-state index contributed by atoms with van der Waals surface area (Å²) >= 11 is 0. The molecule has 0 radical (unpaired) electrons. The smallest absolute Gasteiger partial charge is 0.136 e. The molecule has 0 aliphatic carbocycles. The summed E-state index contributed by atoms with van der Waals surface area (Å²) in [6, 6.07) is -0.392. The standard InChI is InChI=1S/C6H12FNO/c7-4-2-1-3-6(8)5-9/h5-6H,1-4,8H2. The monoisotopic (exact) mass is 133 g/mol. The Morgan fingerprint density at radius 1 is 1.56 bits per heavy atom. The molecule has 0 bridgehead atoms. The highest BCUT2D eigenvalue weighted by molar-refractivity contribution is 5.56. The van der Waals surface area contributed by atoms with E-state index in [0.29, 0.717) is 25.5 Å². The number of unbranched alkanes of at least 4 members (excludes halogenated alkanes) is 1. The van der Waals surface area contributed by atoms with Gasteiger partial charge in [0, 0.05) is 0 Å². The molecule has 1 atom stereocenters. The first kappa shape index (κ1) is 8.56. The van der Waals surface area contributed by atoms with Crippen molar-refractivity contribution in [2.24, 2.45) is 5.73 Å². The third-order valence-electron chi connectivity index (χ3n) is 1.10. The normalized spacial score (nSPS) is 13.1. The van der Waals surface area contributed by atoms with Crippen molar-refractivity contribution in [3.8, 4) is 0 Å². The van der Waals surface area contributed by atoms with Crippen LogP contribution in [0.3, 0.4) is 0 Å². The molecule has 0 aliphatic heterocycles. The summed E-state index contributed by atoms with van der Waals surface area (Å²) < 4.78 is 11.4. The summed E-state index contributed by atoms with van der Waals surface area (Å²) in [7, 11) is 0. The van der Waals surface area contributed by atoms with Gasteiger partial charge in [0.1, 0.15) is 6.29 Å². The Bertz CT molecular complexity index is 77.5. The van der Waals surface area contributed by atoms with Gasteiger partial charge < -0.3 is 10.5 Å². The van der Waals surface area contributed by atoms with Crippen molar-refractivity contribution in [3.63, 3.8) is 0 Å². The fraction of sp³-hybridized carbons (Fsp3) is 0.833. The number of aldehydes is 1. The van der Waals surface area contributed by atoms with E-state index in [9.17, 15) is 9.18 Å². The molecule has 3 heteroatoms. The highest BCUT2D eigenvalue weighted by Crippen LogP contribution is 1.96. The van der Waals surface area contributed by atoms with Gasteiger partial charge in [-0.25, -0.2) is 0 Å². The third-order valence-corrected chi connectivity index (χ3v) is 1.10. The molecule has 0 saturated carbocycles. The largest absolute Gasteiger partial charge is 0.322 e. The van der Waals surface area contributed by atoms with Crippen LogP contribution in [0.1, 0.15) is 19.3 Å². The lowest BCUT2D eigenvalue weighted by Gasteiger charge is -1.99. The molecule has 0 aromatic heterocycles. The fourth-order valence-electron chi connectivity index (χ4n) is 0.543. The number of alkyl halides is 1. The number of halogens is 1. The summed E-state index contributed by atoms with van der Waals surface area (Å²) in [5, 5.41) is 0. The Morgan fingerprint density at radius 2 is 2.22 bits per heavy atom. The van der Waals surface area contributed by atoms with Crippen molar-refractivity contribution in [2.75, 3.05) is 6.67 Å². The molecule has 0 aliphatic rings. The van der Waals surface area contributed by atoms with E-state index in [0.717, 1.165) is 0 Å². The first-order chi connectivity index (χ1) is 4.31. The Morgan fingerprint density at radius 3 is 2.67 bits per heavy atom. The summed E-state index contributed by atoms with van der Waals surface area (Å²) in [4.78, 5) is 9.88. The zero-order chi connectivity index (χ0) is 7.11. The molecule has 2 N–H and O–H groups in total. The van der Waals surface area contributed by atoms with Gasteiger partial charge in [0.25, 0.3) is 0 Å². The number of nitrogens with two attached hydrogens (primary N) is 1. The topological polar surface area (TPSA) is 43.1 Å². The Balaban J connectivity index is 2.96. The number of carbonyl (C=O) groups is 1. The number of hydrogen-bond acceptors (Lipinski definition) is 2. The number of carbonyl (C=O) groups excluding carboxylic acids is 1. The van der Waals surface area contributed by atoms with Gasteiger partial charge in [-0.3, -0.25) is 4.39 Å². The van der Waals surface area contributed by atoms with Crippen LogP contribution < -0.4 is 5.73 Å². The maximum absolute atomic E-state index is 11.4. The highest BCUT2D eigenvalue weighted by atomic mass is 19.1. The van der Waals surface area contributed by atoms with Crippen molar-refractivity contribution in [2.45, 2.75) is 25.3 Å². The van der Waals surface area contributed by atoms with Crippen molar-refractivity contribution < 1.29 is 9.18 Å². The lowest BCUT2D eigenvalue weighted by molar-refractivity contribution is -0.109. The van der Waals surface area contributed by atoms with Crippen LogP contribution in [0.15, 0.2) is 0 Å². The zero-order valence-electron chi connectivity index (χ0n) is 5.35. The molecule has 0 fully saturated rings. The van der Waals surface area contributed by atoms with E-state index in [1.54, 1.807) is 0 Å². The molecule has 0 saturated heterocycles. The van der Waals surface area contributed by atoms with E-state index in [-0.39, 0.29) is 6.67 Å². The quantitative estimate of drug-likeness (QED) is 0.442. The van der Waals surface area contributed by atoms with Crippen molar-refractivity contribution >= 4 is 6.29 Å². The molecule has 2 nitrogen and oxygen atoms in total. The Hall–Kier alpha value is -0.440. The average molecular weight is 133 g/mol. The van der Waals surface area contributed by atoms with E-state index in [2.05, 4.69) is 0 Å². The Kier molecular flexibility index (Phi) is 5.41. The van der Waals surface area contributed by atoms with E-state index >= 15 is 0 Å². The lowest BCUT2D eigenvalue weighted by atomic mass is 10.1. The molecule has 0 aromatic rings. The van der Waals surface area contributed by atoms with Crippen LogP contribution in [-0.4, -0.2) is 19.0 Å². The Labute approximate surface area is 54.2 Å². The molecule has 0 spiro atoms. The minimum Gasteiger partial charge on any atom is -0.322 e. The predicted octanol–water partition coefficient (Wildman–Crippen LogP) is 0.652. The third kappa shape index (κ3) is 5.43. The van der Waals surface area contributed by atoms with Gasteiger partial charge in [0.05, 0.1) is 12.7 Å². The van der Waals surface area contributed by atoms with Gasteiger partial charge in [0.2, 0.25) is 0 Å². The second kappa shape index (κ2) is 5.69. The minimum absolute atomic E-state index is 0.314. The predicted molar refractivity (Wildman–Crippen MR) is 33.9 cm³/mol. The highest BCUT2D eigenvalue weighted by Gasteiger charge is 1.97. The number of rotatable bonds is 5. The molecular weight excluding hydrogens is 121 g/mol. The van der Waals surface area contributed by atoms with Crippen LogP contribution in [0.2, 0.25) is 0 Å². The zero-order valence-corrected chi connectivity index (χ0v) is 5.35. The lowest BCUT2D eigenvalue weighted by Crippen LogP contribution is -2.20. The van der Waals surface area contributed by atoms with Crippen LogP contribution in [0.4, 0.5) is 4.39 Å². The summed E-state index contributed by atoms with van der Waals surface area (Å²) in [6.07, 6.45) is 2.52. The van der Waals surface area contributed by atoms with E-state index in [1.165, 1.54) is 0 Å². The van der Waals surface area contributed by atoms with Gasteiger partial charge in [-0.2, -0.15) is 0 Å². The first-order valence-corrected chi connectivity index (χ1v) is 3.08. The van der Waals surface area contributed by atoms with Gasteiger partial charge in [-0.05, 0) is 19.3 Å². The van der Waals surface area contributed by atoms with Crippen molar-refractivity contribution in [1.29, 1.82) is 0 Å². The van der Waals surface area contributed by atoms with E-state index in [4.69, 9.17) is 5.73 Å². The average Bonchev–Trinajstić information content (AvgIpc) is 1.89. The van der Waals surface area contributed by atoms with E-state index < -0.39 is 6.04 Å². The number of hydrogen-bond donors (Lipinski definition) is 1. The summed E-state index contributed by atoms with van der Waals surface area (Å²) in [6.45, 7) is -0.314. The molecular formula is C6H12FNO. The molecule has 0 amide bonds. The summed E-state index contributed by atoms with van der Waals surface area (Å²) in [5.74, 6) is 0. The maximum Gasteiger partial charge on any atom is 0.136 e. The van der Waals surface area contributed by atoms with Crippen molar-refractivity contribution in [1.82, 2.24) is 0 Å². The maximum atomic E-state index is 11.4. The molecule has 1 unspecified atom stereocenters. The second-order valence-electron chi connectivity index (χ2n) is 1.98. The molecule has 0 aromatic carbocycles. The summed E-state index contributed by atoms with van der Waals surface area (Å²) in [5.41, 5.74) is 5.22. The van der Waals surface area contributed by atoms with Crippen LogP contribution in [0, 0.1) is 0 Å². The van der Waals surface area contributed by atoms with Crippen LogP contribution >= 0.6 is 0 Å². The SMILES string of the molecule is NC(C=O)CCCCF. The molecule has 0 rings (SSSR count). The van der Waals surface area contributed by atoms with Crippen LogP contribution in [0.5, 0.6) is 0 Å². The van der Waals surface area contributed by atoms with Crippen LogP contribution in [-0.2, 0) is 4.79 Å². The van der Waals surface area contributed by atoms with Crippen molar-refractivity contribution in [3.05, 3.63) is 0 Å². The molecule has 0 heterocycles. The first-order valence-electron chi connectivity index (χ1n) is 3.08. The molecule has 9 heavy (non-hydrogen) atoms. The minimum atomic E-state index is -0.392. The van der Waals surface area contributed by atoms with Gasteiger partial charge >= 0.3 is 0 Å². The van der Waals surface area contributed by atoms with E-state index in [1.807, 2.05) is 0 Å². The van der Waals surface area contributed by atoms with Gasteiger partial charge in [0.15, 0.2) is 0 Å².